The minimum Gasteiger partial charge on any atom is -0.370 e. The number of nitrogens with one attached hydrogen (secondary N) is 2. The Balaban J connectivity index is 2.53. The van der Waals surface area contributed by atoms with Gasteiger partial charge in [-0.3, -0.25) is 0 Å². The number of anilines is 1. The van der Waals surface area contributed by atoms with Crippen LogP contribution in [0.25, 0.3) is 0 Å². The molecule has 0 unspecified atom stereocenters. The van der Waals surface area contributed by atoms with Gasteiger partial charge in [-0.25, -0.2) is 4.98 Å². The average molecular weight is 221 g/mol. The smallest absolute Gasteiger partial charge is 0.126 e. The third-order valence-electron chi connectivity index (χ3n) is 2.16. The van der Waals surface area contributed by atoms with Crippen LogP contribution in [0.1, 0.15) is 39.8 Å². The van der Waals surface area contributed by atoms with E-state index in [0.29, 0.717) is 0 Å². The summed E-state index contributed by atoms with van der Waals surface area (Å²) in [6.45, 7) is 10.4. The molecule has 3 nitrogen and oxygen atoms in total. The fraction of sp³-hybridized carbons (Fsp3) is 0.615. The van der Waals surface area contributed by atoms with Gasteiger partial charge in [-0.1, -0.05) is 13.0 Å². The van der Waals surface area contributed by atoms with E-state index in [2.05, 4.69) is 49.4 Å². The van der Waals surface area contributed by atoms with Gasteiger partial charge in [0.05, 0.1) is 5.69 Å². The van der Waals surface area contributed by atoms with Gasteiger partial charge in [0, 0.05) is 18.6 Å². The van der Waals surface area contributed by atoms with E-state index in [9.17, 15) is 0 Å². The molecule has 1 aromatic heterocycles. The van der Waals surface area contributed by atoms with Crippen molar-refractivity contribution in [3.63, 3.8) is 0 Å². The van der Waals surface area contributed by atoms with Crippen molar-refractivity contribution >= 4 is 5.82 Å². The molecule has 0 fully saturated rings. The van der Waals surface area contributed by atoms with Crippen molar-refractivity contribution in [2.75, 3.05) is 11.9 Å². The summed E-state index contributed by atoms with van der Waals surface area (Å²) >= 11 is 0. The molecule has 0 bridgehead atoms. The summed E-state index contributed by atoms with van der Waals surface area (Å²) in [4.78, 5) is 4.54. The molecule has 90 valence electrons. The second-order valence-electron chi connectivity index (χ2n) is 5.04. The highest BCUT2D eigenvalue weighted by Gasteiger charge is 2.08. The average Bonchev–Trinajstić information content (AvgIpc) is 2.23. The van der Waals surface area contributed by atoms with Gasteiger partial charge in [0.25, 0.3) is 0 Å². The SMILES string of the molecule is CCCNc1cccc(CNC(C)(C)C)n1. The van der Waals surface area contributed by atoms with E-state index in [1.165, 1.54) is 0 Å². The van der Waals surface area contributed by atoms with Crippen molar-refractivity contribution < 1.29 is 0 Å². The monoisotopic (exact) mass is 221 g/mol. The van der Waals surface area contributed by atoms with E-state index < -0.39 is 0 Å². The zero-order valence-electron chi connectivity index (χ0n) is 10.8. The van der Waals surface area contributed by atoms with Crippen LogP contribution in [0, 0.1) is 0 Å². The Morgan fingerprint density at radius 1 is 1.25 bits per heavy atom. The molecule has 2 N–H and O–H groups in total. The summed E-state index contributed by atoms with van der Waals surface area (Å²) in [5, 5.41) is 6.72. The molecule has 1 rings (SSSR count). The van der Waals surface area contributed by atoms with Crippen LogP contribution in [-0.2, 0) is 6.54 Å². The van der Waals surface area contributed by atoms with E-state index in [0.717, 1.165) is 31.0 Å². The number of aromatic nitrogens is 1. The predicted molar refractivity (Wildman–Crippen MR) is 69.6 cm³/mol. The number of rotatable bonds is 5. The lowest BCUT2D eigenvalue weighted by molar-refractivity contribution is 0.421. The Bertz CT molecular complexity index is 315. The van der Waals surface area contributed by atoms with E-state index in [1.54, 1.807) is 0 Å². The van der Waals surface area contributed by atoms with Crippen LogP contribution < -0.4 is 10.6 Å². The van der Waals surface area contributed by atoms with Crippen LogP contribution >= 0.6 is 0 Å². The van der Waals surface area contributed by atoms with Crippen LogP contribution in [0.4, 0.5) is 5.82 Å². The van der Waals surface area contributed by atoms with Crippen LogP contribution in [0.2, 0.25) is 0 Å². The molecular weight excluding hydrogens is 198 g/mol. The van der Waals surface area contributed by atoms with Crippen molar-refractivity contribution in [2.45, 2.75) is 46.2 Å². The lowest BCUT2D eigenvalue weighted by atomic mass is 10.1. The molecule has 1 aromatic rings. The second kappa shape index (κ2) is 5.85. The summed E-state index contributed by atoms with van der Waals surface area (Å²) in [5.41, 5.74) is 1.21. The minimum absolute atomic E-state index is 0.133. The molecule has 0 spiro atoms. The zero-order chi connectivity index (χ0) is 12.0. The number of hydrogen-bond donors (Lipinski definition) is 2. The highest BCUT2D eigenvalue weighted by atomic mass is 15.0. The normalized spacial score (nSPS) is 11.5. The van der Waals surface area contributed by atoms with Crippen molar-refractivity contribution in [2.24, 2.45) is 0 Å². The summed E-state index contributed by atoms with van der Waals surface area (Å²) in [6, 6.07) is 6.11. The highest BCUT2D eigenvalue weighted by Crippen LogP contribution is 2.06. The van der Waals surface area contributed by atoms with Crippen molar-refractivity contribution in [3.8, 4) is 0 Å². The zero-order valence-corrected chi connectivity index (χ0v) is 10.8. The van der Waals surface area contributed by atoms with Gasteiger partial charge in [0.2, 0.25) is 0 Å². The van der Waals surface area contributed by atoms with Gasteiger partial charge in [-0.05, 0) is 39.3 Å². The van der Waals surface area contributed by atoms with E-state index in [1.807, 2.05) is 12.1 Å². The summed E-state index contributed by atoms with van der Waals surface area (Å²) in [7, 11) is 0. The van der Waals surface area contributed by atoms with Gasteiger partial charge in [0.1, 0.15) is 5.82 Å². The lowest BCUT2D eigenvalue weighted by Crippen LogP contribution is -2.35. The molecule has 0 saturated carbocycles. The second-order valence-corrected chi connectivity index (χ2v) is 5.04. The van der Waals surface area contributed by atoms with Crippen LogP contribution in [0.5, 0.6) is 0 Å². The van der Waals surface area contributed by atoms with Gasteiger partial charge >= 0.3 is 0 Å². The highest BCUT2D eigenvalue weighted by molar-refractivity contribution is 5.35. The molecular formula is C13H23N3. The minimum atomic E-state index is 0.133. The first kappa shape index (κ1) is 13.0. The van der Waals surface area contributed by atoms with Gasteiger partial charge < -0.3 is 10.6 Å². The van der Waals surface area contributed by atoms with Crippen molar-refractivity contribution in [1.82, 2.24) is 10.3 Å². The Morgan fingerprint density at radius 3 is 2.62 bits per heavy atom. The Kier molecular flexibility index (Phi) is 4.74. The molecule has 0 atom stereocenters. The molecule has 0 aromatic carbocycles. The van der Waals surface area contributed by atoms with Crippen molar-refractivity contribution in [1.29, 1.82) is 0 Å². The van der Waals surface area contributed by atoms with Gasteiger partial charge in [-0.2, -0.15) is 0 Å². The summed E-state index contributed by atoms with van der Waals surface area (Å²) in [6.07, 6.45) is 1.12. The largest absolute Gasteiger partial charge is 0.370 e. The molecule has 16 heavy (non-hydrogen) atoms. The van der Waals surface area contributed by atoms with Crippen LogP contribution in [-0.4, -0.2) is 17.1 Å². The van der Waals surface area contributed by atoms with E-state index in [-0.39, 0.29) is 5.54 Å². The molecule has 0 aliphatic carbocycles. The molecule has 0 aliphatic rings. The van der Waals surface area contributed by atoms with Crippen LogP contribution in [0.3, 0.4) is 0 Å². The first-order valence-corrected chi connectivity index (χ1v) is 5.96. The lowest BCUT2D eigenvalue weighted by Gasteiger charge is -2.20. The Labute approximate surface area is 98.7 Å². The first-order chi connectivity index (χ1) is 7.51. The fourth-order valence-corrected chi connectivity index (χ4v) is 1.29. The summed E-state index contributed by atoms with van der Waals surface area (Å²) < 4.78 is 0. The van der Waals surface area contributed by atoms with Gasteiger partial charge in [-0.15, -0.1) is 0 Å². The molecule has 0 aliphatic heterocycles. The fourth-order valence-electron chi connectivity index (χ4n) is 1.29. The molecule has 1 heterocycles. The predicted octanol–water partition coefficient (Wildman–Crippen LogP) is 2.79. The quantitative estimate of drug-likeness (QED) is 0.803. The van der Waals surface area contributed by atoms with Gasteiger partial charge in [0.15, 0.2) is 0 Å². The van der Waals surface area contributed by atoms with Crippen LogP contribution in [0.15, 0.2) is 18.2 Å². The topological polar surface area (TPSA) is 37.0 Å². The third kappa shape index (κ3) is 5.12. The Morgan fingerprint density at radius 2 is 2.00 bits per heavy atom. The number of pyridine rings is 1. The van der Waals surface area contributed by atoms with E-state index >= 15 is 0 Å². The van der Waals surface area contributed by atoms with Crippen molar-refractivity contribution in [3.05, 3.63) is 23.9 Å². The maximum absolute atomic E-state index is 4.54. The molecule has 0 radical (unpaired) electrons. The number of nitrogens with zero attached hydrogens (tertiary/aromatic N) is 1. The maximum atomic E-state index is 4.54. The summed E-state index contributed by atoms with van der Waals surface area (Å²) in [5.74, 6) is 0.968. The third-order valence-corrected chi connectivity index (χ3v) is 2.16. The first-order valence-electron chi connectivity index (χ1n) is 5.96. The Hall–Kier alpha value is -1.09. The maximum Gasteiger partial charge on any atom is 0.126 e. The van der Waals surface area contributed by atoms with E-state index in [4.69, 9.17) is 0 Å². The molecule has 0 amide bonds. The molecule has 3 heteroatoms. The standard InChI is InChI=1S/C13H23N3/c1-5-9-14-12-8-6-7-11(16-12)10-15-13(2,3)4/h6-8,15H,5,9-10H2,1-4H3,(H,14,16). The number of hydrogen-bond acceptors (Lipinski definition) is 3. The molecule has 0 saturated heterocycles.